The molecule has 7 heteroatoms. The SMILES string of the molecule is CN=C(N)NC(=O)c1cc2ccc(Oc3ccccc3CN3CCCCC3)cc2[nH]1. The number of fused-ring (bicyclic) bond motifs is 1. The summed E-state index contributed by atoms with van der Waals surface area (Å²) < 4.78 is 6.22. The summed E-state index contributed by atoms with van der Waals surface area (Å²) in [7, 11) is 1.52. The van der Waals surface area contributed by atoms with Crippen LogP contribution in [0.5, 0.6) is 11.5 Å². The van der Waals surface area contributed by atoms with Crippen molar-refractivity contribution in [1.29, 1.82) is 0 Å². The molecule has 0 aliphatic carbocycles. The van der Waals surface area contributed by atoms with Crippen LogP contribution < -0.4 is 15.8 Å². The van der Waals surface area contributed by atoms with Gasteiger partial charge in [0.2, 0.25) is 0 Å². The van der Waals surface area contributed by atoms with E-state index in [-0.39, 0.29) is 11.9 Å². The predicted molar refractivity (Wildman–Crippen MR) is 119 cm³/mol. The Morgan fingerprint density at radius 3 is 2.77 bits per heavy atom. The number of nitrogens with two attached hydrogens (primary N) is 1. The number of benzene rings is 2. The molecule has 3 aromatic rings. The molecule has 2 heterocycles. The van der Waals surface area contributed by atoms with Crippen molar-refractivity contribution in [3.05, 3.63) is 59.8 Å². The smallest absolute Gasteiger partial charge is 0.274 e. The molecule has 1 saturated heterocycles. The summed E-state index contributed by atoms with van der Waals surface area (Å²) in [6.07, 6.45) is 3.85. The molecular formula is C23H27N5O2. The number of hydrogen-bond acceptors (Lipinski definition) is 4. The highest BCUT2D eigenvalue weighted by Gasteiger charge is 2.14. The highest BCUT2D eigenvalue weighted by atomic mass is 16.5. The van der Waals surface area contributed by atoms with E-state index in [4.69, 9.17) is 10.5 Å². The third-order valence-corrected chi connectivity index (χ3v) is 5.36. The molecule has 0 atom stereocenters. The van der Waals surface area contributed by atoms with E-state index in [0.717, 1.165) is 42.0 Å². The molecule has 1 aliphatic heterocycles. The minimum atomic E-state index is -0.330. The number of para-hydroxylation sites is 1. The number of H-pyrrole nitrogens is 1. The molecule has 1 aromatic heterocycles. The molecule has 156 valence electrons. The Bertz CT molecular complexity index is 1070. The van der Waals surface area contributed by atoms with Crippen LogP contribution in [0.4, 0.5) is 0 Å². The van der Waals surface area contributed by atoms with Crippen molar-refractivity contribution in [3.63, 3.8) is 0 Å². The van der Waals surface area contributed by atoms with Crippen molar-refractivity contribution in [2.45, 2.75) is 25.8 Å². The molecule has 0 bridgehead atoms. The number of nitrogens with one attached hydrogen (secondary N) is 2. The topological polar surface area (TPSA) is 95.7 Å². The Morgan fingerprint density at radius 2 is 1.97 bits per heavy atom. The minimum Gasteiger partial charge on any atom is -0.457 e. The fourth-order valence-corrected chi connectivity index (χ4v) is 3.75. The van der Waals surface area contributed by atoms with Crippen LogP contribution in [0.1, 0.15) is 35.3 Å². The Balaban J connectivity index is 1.52. The number of amides is 1. The number of hydrogen-bond donors (Lipinski definition) is 3. The molecule has 4 N–H and O–H groups in total. The van der Waals surface area contributed by atoms with Crippen LogP contribution >= 0.6 is 0 Å². The number of rotatable bonds is 5. The lowest BCUT2D eigenvalue weighted by molar-refractivity contribution is 0.0972. The van der Waals surface area contributed by atoms with Gasteiger partial charge in [0.15, 0.2) is 5.96 Å². The van der Waals surface area contributed by atoms with Crippen molar-refractivity contribution in [1.82, 2.24) is 15.2 Å². The van der Waals surface area contributed by atoms with Crippen LogP contribution in [-0.4, -0.2) is 41.9 Å². The molecule has 0 saturated carbocycles. The van der Waals surface area contributed by atoms with Crippen molar-refractivity contribution < 1.29 is 9.53 Å². The van der Waals surface area contributed by atoms with Crippen molar-refractivity contribution >= 4 is 22.8 Å². The quantitative estimate of drug-likeness (QED) is 0.446. The molecule has 2 aromatic carbocycles. The van der Waals surface area contributed by atoms with Gasteiger partial charge in [0.25, 0.3) is 5.91 Å². The van der Waals surface area contributed by atoms with Crippen LogP contribution in [0, 0.1) is 0 Å². The number of carbonyl (C=O) groups excluding carboxylic acids is 1. The van der Waals surface area contributed by atoms with E-state index in [1.165, 1.54) is 31.9 Å². The lowest BCUT2D eigenvalue weighted by Crippen LogP contribution is -2.36. The zero-order chi connectivity index (χ0) is 20.9. The number of ether oxygens (including phenoxy) is 1. The number of aromatic amines is 1. The van der Waals surface area contributed by atoms with Crippen molar-refractivity contribution in [3.8, 4) is 11.5 Å². The second kappa shape index (κ2) is 9.00. The van der Waals surface area contributed by atoms with Gasteiger partial charge in [-0.2, -0.15) is 0 Å². The van der Waals surface area contributed by atoms with E-state index in [0.29, 0.717) is 5.69 Å². The van der Waals surface area contributed by atoms with E-state index in [9.17, 15) is 4.79 Å². The standard InChI is InChI=1S/C23H27N5O2/c1-25-23(24)27-22(29)20-13-16-9-10-18(14-19(16)26-20)30-21-8-4-3-7-17(21)15-28-11-5-2-6-12-28/h3-4,7-10,13-14,26H,2,5-6,11-12,15H2,1H3,(H3,24,25,27,29). The number of aromatic nitrogens is 1. The van der Waals surface area contributed by atoms with E-state index in [1.54, 1.807) is 6.07 Å². The first-order valence-electron chi connectivity index (χ1n) is 10.3. The molecule has 0 spiro atoms. The third kappa shape index (κ3) is 4.63. The van der Waals surface area contributed by atoms with E-state index < -0.39 is 0 Å². The first kappa shape index (κ1) is 20.0. The maximum absolute atomic E-state index is 12.3. The van der Waals surface area contributed by atoms with E-state index in [1.807, 2.05) is 30.3 Å². The summed E-state index contributed by atoms with van der Waals surface area (Å²) in [6.45, 7) is 3.17. The molecule has 0 radical (unpaired) electrons. The first-order valence-corrected chi connectivity index (χ1v) is 10.3. The van der Waals surface area contributed by atoms with Crippen LogP contribution in [0.15, 0.2) is 53.5 Å². The van der Waals surface area contributed by atoms with Gasteiger partial charge in [-0.15, -0.1) is 0 Å². The molecule has 1 aliphatic rings. The van der Waals surface area contributed by atoms with Gasteiger partial charge in [-0.3, -0.25) is 20.0 Å². The van der Waals surface area contributed by atoms with E-state index >= 15 is 0 Å². The summed E-state index contributed by atoms with van der Waals surface area (Å²) in [5, 5.41) is 3.45. The van der Waals surface area contributed by atoms with Gasteiger partial charge in [0, 0.05) is 36.1 Å². The average Bonchev–Trinajstić information content (AvgIpc) is 3.19. The molecule has 30 heavy (non-hydrogen) atoms. The second-order valence-corrected chi connectivity index (χ2v) is 7.54. The van der Waals surface area contributed by atoms with Crippen LogP contribution in [-0.2, 0) is 6.54 Å². The van der Waals surface area contributed by atoms with Gasteiger partial charge in [-0.25, -0.2) is 0 Å². The van der Waals surface area contributed by atoms with Gasteiger partial charge < -0.3 is 15.5 Å². The number of aliphatic imine (C=N–C) groups is 1. The van der Waals surface area contributed by atoms with Crippen molar-refractivity contribution in [2.24, 2.45) is 10.7 Å². The maximum atomic E-state index is 12.3. The largest absolute Gasteiger partial charge is 0.457 e. The Kier molecular flexibility index (Phi) is 5.99. The summed E-state index contributed by atoms with van der Waals surface area (Å²) in [5.74, 6) is 1.33. The third-order valence-electron chi connectivity index (χ3n) is 5.36. The lowest BCUT2D eigenvalue weighted by Gasteiger charge is -2.27. The zero-order valence-electron chi connectivity index (χ0n) is 17.1. The van der Waals surface area contributed by atoms with Gasteiger partial charge >= 0.3 is 0 Å². The van der Waals surface area contributed by atoms with Crippen LogP contribution in [0.3, 0.4) is 0 Å². The van der Waals surface area contributed by atoms with Gasteiger partial charge in [-0.05, 0) is 50.2 Å². The maximum Gasteiger partial charge on any atom is 0.274 e. The predicted octanol–water partition coefficient (Wildman–Crippen LogP) is 3.62. The average molecular weight is 406 g/mol. The van der Waals surface area contributed by atoms with Crippen LogP contribution in [0.25, 0.3) is 10.9 Å². The number of likely N-dealkylation sites (tertiary alicyclic amines) is 1. The minimum absolute atomic E-state index is 0.0768. The van der Waals surface area contributed by atoms with Gasteiger partial charge in [0.05, 0.1) is 0 Å². The molecule has 4 rings (SSSR count). The Hall–Kier alpha value is -3.32. The highest BCUT2D eigenvalue weighted by Crippen LogP contribution is 2.29. The Morgan fingerprint density at radius 1 is 1.17 bits per heavy atom. The number of carbonyl (C=O) groups is 1. The number of guanidine groups is 1. The van der Waals surface area contributed by atoms with Gasteiger partial charge in [0.1, 0.15) is 17.2 Å². The second-order valence-electron chi connectivity index (χ2n) is 7.54. The molecule has 1 fully saturated rings. The summed E-state index contributed by atoms with van der Waals surface area (Å²) in [4.78, 5) is 21.6. The lowest BCUT2D eigenvalue weighted by atomic mass is 10.1. The summed E-state index contributed by atoms with van der Waals surface area (Å²) in [6, 6.07) is 15.7. The number of piperidine rings is 1. The number of nitrogens with zero attached hydrogens (tertiary/aromatic N) is 2. The van der Waals surface area contributed by atoms with Crippen molar-refractivity contribution in [2.75, 3.05) is 20.1 Å². The molecule has 7 nitrogen and oxygen atoms in total. The summed E-state index contributed by atoms with van der Waals surface area (Å²) in [5.41, 5.74) is 7.99. The van der Waals surface area contributed by atoms with Gasteiger partial charge in [-0.1, -0.05) is 24.6 Å². The monoisotopic (exact) mass is 405 g/mol. The fraction of sp³-hybridized carbons (Fsp3) is 0.304. The normalized spacial score (nSPS) is 15.3. The van der Waals surface area contributed by atoms with Crippen LogP contribution in [0.2, 0.25) is 0 Å². The first-order chi connectivity index (χ1) is 14.6. The fourth-order valence-electron chi connectivity index (χ4n) is 3.75. The highest BCUT2D eigenvalue weighted by molar-refractivity contribution is 6.06. The Labute approximate surface area is 175 Å². The summed E-state index contributed by atoms with van der Waals surface area (Å²) >= 11 is 0. The molecule has 0 unspecified atom stereocenters. The molecular weight excluding hydrogens is 378 g/mol. The van der Waals surface area contributed by atoms with E-state index in [2.05, 4.69) is 32.3 Å². The molecule has 1 amide bonds. The zero-order valence-corrected chi connectivity index (χ0v) is 17.1.